The quantitative estimate of drug-likeness (QED) is 0.354. The molecule has 142 valence electrons. The van der Waals surface area contributed by atoms with Crippen molar-refractivity contribution in [1.82, 2.24) is 9.97 Å². The Morgan fingerprint density at radius 1 is 0.893 bits per heavy atom. The zero-order chi connectivity index (χ0) is 20.1. The van der Waals surface area contributed by atoms with Gasteiger partial charge in [0.15, 0.2) is 0 Å². The molecule has 2 aromatic heterocycles. The van der Waals surface area contributed by atoms with E-state index in [1.165, 1.54) is 16.5 Å². The molecule has 28 heavy (non-hydrogen) atoms. The van der Waals surface area contributed by atoms with E-state index < -0.39 is 0 Å². The van der Waals surface area contributed by atoms with E-state index in [9.17, 15) is 0 Å². The van der Waals surface area contributed by atoms with Gasteiger partial charge >= 0.3 is 0 Å². The molecule has 0 atom stereocenters. The summed E-state index contributed by atoms with van der Waals surface area (Å²) in [6.07, 6.45) is 3.83. The minimum atomic E-state index is -0.0644. The molecule has 4 rings (SSSR count). The number of benzene rings is 2. The Balaban J connectivity index is 2.04. The SMILES string of the molecule is CC(C)c1c(-c2cnc3ccc(Cl)c(C(C)(C)C)c3c2)ccc2ncccc12. The first kappa shape index (κ1) is 18.9. The summed E-state index contributed by atoms with van der Waals surface area (Å²) in [6.45, 7) is 11.1. The van der Waals surface area contributed by atoms with E-state index in [2.05, 4.69) is 63.9 Å². The molecule has 0 N–H and O–H groups in total. The second kappa shape index (κ2) is 6.86. The molecule has 0 unspecified atom stereocenters. The molecule has 0 aliphatic heterocycles. The topological polar surface area (TPSA) is 25.8 Å². The van der Waals surface area contributed by atoms with Crippen LogP contribution in [-0.2, 0) is 5.41 Å². The predicted molar refractivity (Wildman–Crippen MR) is 120 cm³/mol. The van der Waals surface area contributed by atoms with E-state index >= 15 is 0 Å². The van der Waals surface area contributed by atoms with E-state index in [0.29, 0.717) is 5.92 Å². The maximum atomic E-state index is 6.61. The number of pyridine rings is 2. The molecule has 0 radical (unpaired) electrons. The third-order valence-corrected chi connectivity index (χ3v) is 5.59. The number of hydrogen-bond acceptors (Lipinski definition) is 2. The lowest BCUT2D eigenvalue weighted by molar-refractivity contribution is 0.596. The van der Waals surface area contributed by atoms with E-state index in [0.717, 1.165) is 32.6 Å². The van der Waals surface area contributed by atoms with Crippen molar-refractivity contribution in [1.29, 1.82) is 0 Å². The van der Waals surface area contributed by atoms with Gasteiger partial charge in [-0.1, -0.05) is 58.4 Å². The third-order valence-electron chi connectivity index (χ3n) is 5.28. The minimum Gasteiger partial charge on any atom is -0.256 e. The fraction of sp³-hybridized carbons (Fsp3) is 0.280. The van der Waals surface area contributed by atoms with Gasteiger partial charge in [0.05, 0.1) is 11.0 Å². The van der Waals surface area contributed by atoms with Crippen molar-refractivity contribution in [2.75, 3.05) is 0 Å². The van der Waals surface area contributed by atoms with Crippen molar-refractivity contribution in [2.45, 2.75) is 46.0 Å². The number of hydrogen-bond donors (Lipinski definition) is 0. The number of halogens is 1. The van der Waals surface area contributed by atoms with E-state index in [1.54, 1.807) is 0 Å². The lowest BCUT2D eigenvalue weighted by atomic mass is 9.83. The Kier molecular flexibility index (Phi) is 4.63. The zero-order valence-corrected chi connectivity index (χ0v) is 17.8. The molecular formula is C25H25ClN2. The summed E-state index contributed by atoms with van der Waals surface area (Å²) in [7, 11) is 0. The molecule has 0 aliphatic carbocycles. The normalized spacial score (nSPS) is 12.2. The highest BCUT2D eigenvalue weighted by Gasteiger charge is 2.22. The smallest absolute Gasteiger partial charge is 0.0706 e. The Morgan fingerprint density at radius 2 is 1.61 bits per heavy atom. The first-order valence-electron chi connectivity index (χ1n) is 9.74. The predicted octanol–water partition coefficient (Wildman–Crippen LogP) is 7.52. The van der Waals surface area contributed by atoms with Gasteiger partial charge in [0.25, 0.3) is 0 Å². The minimum absolute atomic E-state index is 0.0644. The monoisotopic (exact) mass is 388 g/mol. The molecule has 0 saturated heterocycles. The van der Waals surface area contributed by atoms with Crippen LogP contribution in [0.3, 0.4) is 0 Å². The van der Waals surface area contributed by atoms with Crippen molar-refractivity contribution >= 4 is 33.4 Å². The van der Waals surface area contributed by atoms with Gasteiger partial charge < -0.3 is 0 Å². The van der Waals surface area contributed by atoms with Crippen LogP contribution < -0.4 is 0 Å². The van der Waals surface area contributed by atoms with Crippen LogP contribution in [0, 0.1) is 0 Å². The second-order valence-corrected chi connectivity index (χ2v) is 9.12. The highest BCUT2D eigenvalue weighted by atomic mass is 35.5. The summed E-state index contributed by atoms with van der Waals surface area (Å²) in [5, 5.41) is 3.13. The fourth-order valence-corrected chi connectivity index (χ4v) is 4.58. The van der Waals surface area contributed by atoms with Crippen LogP contribution >= 0.6 is 11.6 Å². The van der Waals surface area contributed by atoms with Crippen molar-refractivity contribution in [2.24, 2.45) is 0 Å². The molecule has 0 amide bonds. The Hall–Kier alpha value is -2.45. The van der Waals surface area contributed by atoms with E-state index in [1.807, 2.05) is 30.6 Å². The van der Waals surface area contributed by atoms with Crippen LogP contribution in [0.2, 0.25) is 5.02 Å². The highest BCUT2D eigenvalue weighted by molar-refractivity contribution is 6.32. The summed E-state index contributed by atoms with van der Waals surface area (Å²) in [5.41, 5.74) is 6.74. The second-order valence-electron chi connectivity index (χ2n) is 8.71. The first-order chi connectivity index (χ1) is 13.3. The van der Waals surface area contributed by atoms with Crippen LogP contribution in [0.15, 0.2) is 54.9 Å². The number of rotatable bonds is 2. The summed E-state index contributed by atoms with van der Waals surface area (Å²) in [4.78, 5) is 9.31. The maximum Gasteiger partial charge on any atom is 0.0706 e. The number of aromatic nitrogens is 2. The van der Waals surface area contributed by atoms with Gasteiger partial charge in [-0.05, 0) is 58.4 Å². The zero-order valence-electron chi connectivity index (χ0n) is 17.0. The fourth-order valence-electron chi connectivity index (χ4n) is 4.13. The molecule has 4 aromatic rings. The van der Waals surface area contributed by atoms with Crippen LogP contribution in [0.25, 0.3) is 32.9 Å². The summed E-state index contributed by atoms with van der Waals surface area (Å²) in [6, 6.07) is 14.7. The molecule has 0 fully saturated rings. The van der Waals surface area contributed by atoms with Gasteiger partial charge in [0.1, 0.15) is 0 Å². The Labute approximate surface area is 171 Å². The van der Waals surface area contributed by atoms with Crippen molar-refractivity contribution in [3.8, 4) is 11.1 Å². The van der Waals surface area contributed by atoms with E-state index in [4.69, 9.17) is 16.6 Å². The summed E-state index contributed by atoms with van der Waals surface area (Å²) >= 11 is 6.61. The van der Waals surface area contributed by atoms with Crippen LogP contribution in [0.4, 0.5) is 0 Å². The lowest BCUT2D eigenvalue weighted by Gasteiger charge is -2.23. The molecule has 2 aromatic carbocycles. The molecule has 0 saturated carbocycles. The van der Waals surface area contributed by atoms with Gasteiger partial charge in [-0.3, -0.25) is 9.97 Å². The Morgan fingerprint density at radius 3 is 2.32 bits per heavy atom. The summed E-state index contributed by atoms with van der Waals surface area (Å²) in [5.74, 6) is 0.375. The van der Waals surface area contributed by atoms with Crippen molar-refractivity contribution in [3.05, 3.63) is 71.0 Å². The van der Waals surface area contributed by atoms with Gasteiger partial charge in [-0.15, -0.1) is 0 Å². The van der Waals surface area contributed by atoms with Gasteiger partial charge in [0, 0.05) is 33.8 Å². The molecule has 2 nitrogen and oxygen atoms in total. The van der Waals surface area contributed by atoms with Crippen LogP contribution in [0.5, 0.6) is 0 Å². The Bertz CT molecular complexity index is 1190. The molecule has 0 spiro atoms. The standard InChI is InChI=1S/C25H25ClN2/c1-15(2)23-17(8-10-21-18(23)7-6-12-27-21)16-13-19-22(28-14-16)11-9-20(26)24(19)25(3,4)5/h6-15H,1-5H3. The average molecular weight is 389 g/mol. The largest absolute Gasteiger partial charge is 0.256 e. The number of nitrogens with zero attached hydrogens (tertiary/aromatic N) is 2. The van der Waals surface area contributed by atoms with Crippen LogP contribution in [0.1, 0.15) is 51.7 Å². The average Bonchev–Trinajstić information content (AvgIpc) is 2.65. The third kappa shape index (κ3) is 3.16. The van der Waals surface area contributed by atoms with Gasteiger partial charge in [0.2, 0.25) is 0 Å². The molecule has 2 heterocycles. The van der Waals surface area contributed by atoms with Gasteiger partial charge in [-0.25, -0.2) is 0 Å². The highest BCUT2D eigenvalue weighted by Crippen LogP contribution is 2.39. The first-order valence-corrected chi connectivity index (χ1v) is 10.1. The van der Waals surface area contributed by atoms with Crippen molar-refractivity contribution in [3.63, 3.8) is 0 Å². The lowest BCUT2D eigenvalue weighted by Crippen LogP contribution is -2.12. The molecule has 0 bridgehead atoms. The summed E-state index contributed by atoms with van der Waals surface area (Å²) < 4.78 is 0. The van der Waals surface area contributed by atoms with Gasteiger partial charge in [-0.2, -0.15) is 0 Å². The van der Waals surface area contributed by atoms with Crippen molar-refractivity contribution < 1.29 is 0 Å². The molecule has 3 heteroatoms. The van der Waals surface area contributed by atoms with Crippen LogP contribution in [-0.4, -0.2) is 9.97 Å². The molecule has 0 aliphatic rings. The molecular weight excluding hydrogens is 364 g/mol. The number of fused-ring (bicyclic) bond motifs is 2. The maximum absolute atomic E-state index is 6.61. The van der Waals surface area contributed by atoms with E-state index in [-0.39, 0.29) is 5.41 Å².